The molecule has 3 aromatic rings. The zero-order chi connectivity index (χ0) is 21.7. The molecule has 2 bridgehead atoms. The molecule has 2 aromatic carbocycles. The third-order valence-corrected chi connectivity index (χ3v) is 6.94. The molecule has 2 aliphatic carbocycles. The number of aromatic nitrogens is 1. The molecule has 2 aliphatic rings. The summed E-state index contributed by atoms with van der Waals surface area (Å²) in [5.41, 5.74) is 0.00590. The molecule has 1 unspecified atom stereocenters. The van der Waals surface area contributed by atoms with Gasteiger partial charge in [-0.25, -0.2) is 8.78 Å². The van der Waals surface area contributed by atoms with Gasteiger partial charge in [-0.3, -0.25) is 9.59 Å². The fourth-order valence-electron chi connectivity index (χ4n) is 5.43. The largest absolute Gasteiger partial charge is 0.340 e. The van der Waals surface area contributed by atoms with Gasteiger partial charge in [-0.05, 0) is 60.2 Å². The Morgan fingerprint density at radius 2 is 1.97 bits per heavy atom. The third-order valence-electron chi connectivity index (χ3n) is 6.94. The van der Waals surface area contributed by atoms with Crippen LogP contribution < -0.4 is 10.9 Å². The third kappa shape index (κ3) is 3.36. The second kappa shape index (κ2) is 7.45. The lowest BCUT2D eigenvalue weighted by Gasteiger charge is -2.22. The van der Waals surface area contributed by atoms with Gasteiger partial charge in [0.15, 0.2) is 11.6 Å². The molecule has 0 saturated heterocycles. The number of pyridine rings is 1. The molecule has 0 aliphatic heterocycles. The lowest BCUT2D eigenvalue weighted by molar-refractivity contribution is -0.126. The number of hydrogen-bond donors (Lipinski definition) is 2. The standard InChI is InChI=1S/C24H21F2N3O2/c25-20-6-5-17-16-4-2-13(10-19(16)24(31)29-22(17)21(20)26)8-15(11-27)28-23(30)18-9-12-1-3-14(18)7-12/h2,4-6,10,12,14-15,18H,1,3,7-9H2,(H,28,30)(H,29,31)/t12-,14+,15?,18+/m1/s1. The fraction of sp³-hybridized carbons (Fsp3) is 0.375. The van der Waals surface area contributed by atoms with Crippen molar-refractivity contribution in [2.24, 2.45) is 17.8 Å². The smallest absolute Gasteiger partial charge is 0.256 e. The minimum absolute atomic E-state index is 0.00398. The number of hydrogen-bond acceptors (Lipinski definition) is 3. The van der Waals surface area contributed by atoms with E-state index >= 15 is 0 Å². The number of fused-ring (bicyclic) bond motifs is 5. The van der Waals surface area contributed by atoms with E-state index in [1.165, 1.54) is 12.5 Å². The molecule has 5 nitrogen and oxygen atoms in total. The van der Waals surface area contributed by atoms with Crippen LogP contribution in [0.3, 0.4) is 0 Å². The molecule has 5 rings (SSSR count). The molecule has 0 spiro atoms. The van der Waals surface area contributed by atoms with E-state index in [-0.39, 0.29) is 23.8 Å². The van der Waals surface area contributed by atoms with Crippen LogP contribution in [0.4, 0.5) is 8.78 Å². The summed E-state index contributed by atoms with van der Waals surface area (Å²) in [5, 5.41) is 13.7. The summed E-state index contributed by atoms with van der Waals surface area (Å²) in [7, 11) is 0. The van der Waals surface area contributed by atoms with Gasteiger partial charge < -0.3 is 10.3 Å². The van der Waals surface area contributed by atoms with E-state index in [0.29, 0.717) is 33.6 Å². The highest BCUT2D eigenvalue weighted by atomic mass is 19.2. The Kier molecular flexibility index (Phi) is 4.73. The highest BCUT2D eigenvalue weighted by molar-refractivity contribution is 6.05. The van der Waals surface area contributed by atoms with E-state index in [1.807, 2.05) is 0 Å². The van der Waals surface area contributed by atoms with Crippen LogP contribution in [-0.2, 0) is 11.2 Å². The van der Waals surface area contributed by atoms with Gasteiger partial charge in [0.1, 0.15) is 6.04 Å². The van der Waals surface area contributed by atoms with Crippen molar-refractivity contribution in [1.82, 2.24) is 10.3 Å². The maximum Gasteiger partial charge on any atom is 0.256 e. The summed E-state index contributed by atoms with van der Waals surface area (Å²) in [5.74, 6) is -1.10. The van der Waals surface area contributed by atoms with Gasteiger partial charge in [0.2, 0.25) is 5.91 Å². The van der Waals surface area contributed by atoms with Crippen molar-refractivity contribution < 1.29 is 13.6 Å². The Morgan fingerprint density at radius 3 is 2.68 bits per heavy atom. The van der Waals surface area contributed by atoms with Crippen LogP contribution in [0.1, 0.15) is 31.2 Å². The van der Waals surface area contributed by atoms with Crippen LogP contribution >= 0.6 is 0 Å². The maximum atomic E-state index is 14.1. The normalized spacial score (nSPS) is 23.2. The minimum Gasteiger partial charge on any atom is -0.340 e. The molecule has 31 heavy (non-hydrogen) atoms. The lowest BCUT2D eigenvalue weighted by atomic mass is 9.88. The van der Waals surface area contributed by atoms with Crippen molar-refractivity contribution >= 4 is 27.6 Å². The van der Waals surface area contributed by atoms with Crippen molar-refractivity contribution in [3.8, 4) is 6.07 Å². The maximum absolute atomic E-state index is 14.1. The Morgan fingerprint density at radius 1 is 1.16 bits per heavy atom. The summed E-state index contributed by atoms with van der Waals surface area (Å²) in [6.07, 6.45) is 4.57. The highest BCUT2D eigenvalue weighted by Gasteiger charge is 2.43. The number of nitrogens with zero attached hydrogens (tertiary/aromatic N) is 1. The first kappa shape index (κ1) is 19.7. The van der Waals surface area contributed by atoms with Gasteiger partial charge in [0.25, 0.3) is 5.56 Å². The predicted molar refractivity (Wildman–Crippen MR) is 112 cm³/mol. The summed E-state index contributed by atoms with van der Waals surface area (Å²) >= 11 is 0. The Hall–Kier alpha value is -3.27. The molecule has 4 atom stereocenters. The number of rotatable bonds is 4. The molecular formula is C24H21F2N3O2. The fourth-order valence-corrected chi connectivity index (χ4v) is 5.43. The van der Waals surface area contributed by atoms with E-state index in [9.17, 15) is 23.6 Å². The molecule has 158 valence electrons. The van der Waals surface area contributed by atoms with E-state index in [1.54, 1.807) is 18.2 Å². The molecule has 2 N–H and O–H groups in total. The minimum atomic E-state index is -1.09. The monoisotopic (exact) mass is 421 g/mol. The zero-order valence-electron chi connectivity index (χ0n) is 16.8. The van der Waals surface area contributed by atoms with Crippen LogP contribution in [0, 0.1) is 40.7 Å². The van der Waals surface area contributed by atoms with Gasteiger partial charge >= 0.3 is 0 Å². The van der Waals surface area contributed by atoms with Gasteiger partial charge in [-0.2, -0.15) is 5.26 Å². The van der Waals surface area contributed by atoms with Crippen LogP contribution in [0.5, 0.6) is 0 Å². The first-order chi connectivity index (χ1) is 14.9. The predicted octanol–water partition coefficient (Wildman–Crippen LogP) is 3.95. The number of nitrogens with one attached hydrogen (secondary N) is 2. The molecule has 1 heterocycles. The van der Waals surface area contributed by atoms with Crippen LogP contribution in [-0.4, -0.2) is 16.9 Å². The van der Waals surface area contributed by atoms with E-state index in [4.69, 9.17) is 0 Å². The Labute approximate surface area is 177 Å². The number of amides is 1. The van der Waals surface area contributed by atoms with Crippen molar-refractivity contribution in [2.45, 2.75) is 38.1 Å². The molecular weight excluding hydrogens is 400 g/mol. The molecule has 1 amide bonds. The van der Waals surface area contributed by atoms with Crippen molar-refractivity contribution in [3.05, 3.63) is 57.9 Å². The quantitative estimate of drug-likeness (QED) is 0.626. The van der Waals surface area contributed by atoms with E-state index < -0.39 is 23.2 Å². The second-order valence-electron chi connectivity index (χ2n) is 8.79. The van der Waals surface area contributed by atoms with E-state index in [0.717, 1.165) is 25.3 Å². The number of H-pyrrole nitrogens is 1. The highest BCUT2D eigenvalue weighted by Crippen LogP contribution is 2.48. The second-order valence-corrected chi connectivity index (χ2v) is 8.79. The van der Waals surface area contributed by atoms with Gasteiger partial charge in [0, 0.05) is 23.1 Å². The first-order valence-corrected chi connectivity index (χ1v) is 10.6. The molecule has 2 saturated carbocycles. The number of halogens is 2. The molecule has 1 aromatic heterocycles. The van der Waals surface area contributed by atoms with Crippen LogP contribution in [0.25, 0.3) is 21.7 Å². The number of aromatic amines is 1. The van der Waals surface area contributed by atoms with Crippen LogP contribution in [0.2, 0.25) is 0 Å². The van der Waals surface area contributed by atoms with Crippen LogP contribution in [0.15, 0.2) is 35.1 Å². The number of benzene rings is 2. The van der Waals surface area contributed by atoms with Crippen molar-refractivity contribution in [2.75, 3.05) is 0 Å². The van der Waals surface area contributed by atoms with Crippen molar-refractivity contribution in [1.29, 1.82) is 5.26 Å². The number of nitriles is 1. The Bertz CT molecular complexity index is 1310. The topological polar surface area (TPSA) is 85.8 Å². The average Bonchev–Trinajstić information content (AvgIpc) is 3.40. The van der Waals surface area contributed by atoms with Gasteiger partial charge in [0.05, 0.1) is 11.6 Å². The number of carbonyl (C=O) groups is 1. The Balaban J connectivity index is 1.41. The van der Waals surface area contributed by atoms with Gasteiger partial charge in [-0.1, -0.05) is 18.6 Å². The lowest BCUT2D eigenvalue weighted by Crippen LogP contribution is -2.41. The van der Waals surface area contributed by atoms with E-state index in [2.05, 4.69) is 16.4 Å². The summed E-state index contributed by atoms with van der Waals surface area (Å²) < 4.78 is 27.6. The molecule has 2 fully saturated rings. The first-order valence-electron chi connectivity index (χ1n) is 10.6. The zero-order valence-corrected chi connectivity index (χ0v) is 16.8. The molecule has 7 heteroatoms. The average molecular weight is 421 g/mol. The van der Waals surface area contributed by atoms with Crippen molar-refractivity contribution in [3.63, 3.8) is 0 Å². The SMILES string of the molecule is N#CC(Cc1ccc2c(c1)c(=O)[nH]c1c(F)c(F)ccc12)NC(=O)[C@H]1C[C@@H]2CC[C@H]1C2. The summed E-state index contributed by atoms with van der Waals surface area (Å²) in [6, 6.07) is 8.97. The summed E-state index contributed by atoms with van der Waals surface area (Å²) in [6.45, 7) is 0. The summed E-state index contributed by atoms with van der Waals surface area (Å²) in [4.78, 5) is 27.6. The molecule has 0 radical (unpaired) electrons. The number of carbonyl (C=O) groups excluding carboxylic acids is 1. The van der Waals surface area contributed by atoms with Gasteiger partial charge in [-0.15, -0.1) is 0 Å².